The lowest BCUT2D eigenvalue weighted by Crippen LogP contribution is -2.49. The van der Waals surface area contributed by atoms with Crippen LogP contribution >= 0.6 is 0 Å². The van der Waals surface area contributed by atoms with E-state index in [1.807, 2.05) is 24.3 Å². The van der Waals surface area contributed by atoms with Gasteiger partial charge in [-0.15, -0.1) is 0 Å². The fourth-order valence-electron chi connectivity index (χ4n) is 4.46. The maximum atomic E-state index is 14.9. The predicted octanol–water partition coefficient (Wildman–Crippen LogP) is 6.66. The normalized spacial score (nSPS) is 16.3. The number of ether oxygens (including phenoxy) is 1. The van der Waals surface area contributed by atoms with E-state index >= 15 is 0 Å². The Balaban J connectivity index is 1.36. The SMILES string of the molecule is CCCCCCCCCCOc1ccc(C2=C3C=CC=[N+]3[B-](F)(F)n3cccc32)cc1. The van der Waals surface area contributed by atoms with Crippen molar-refractivity contribution in [2.45, 2.75) is 58.3 Å². The van der Waals surface area contributed by atoms with Crippen molar-refractivity contribution in [2.75, 3.05) is 6.61 Å². The van der Waals surface area contributed by atoms with Gasteiger partial charge in [-0.1, -0.05) is 64.0 Å². The van der Waals surface area contributed by atoms with Gasteiger partial charge in [-0.25, -0.2) is 0 Å². The zero-order valence-corrected chi connectivity index (χ0v) is 18.3. The Hall–Kier alpha value is -2.63. The maximum Gasteiger partial charge on any atom is 0.737 e. The number of aromatic nitrogens is 1. The molecular formula is C25H31BF2N2O. The molecule has 0 spiro atoms. The van der Waals surface area contributed by atoms with Gasteiger partial charge in [-0.3, -0.25) is 0 Å². The van der Waals surface area contributed by atoms with Gasteiger partial charge in [0.05, 0.1) is 12.2 Å². The second kappa shape index (κ2) is 9.67. The lowest BCUT2D eigenvalue weighted by Gasteiger charge is -2.30. The molecule has 4 rings (SSSR count). The van der Waals surface area contributed by atoms with Gasteiger partial charge in [-0.05, 0) is 42.4 Å². The molecule has 3 nitrogen and oxygen atoms in total. The van der Waals surface area contributed by atoms with Crippen molar-refractivity contribution in [3.05, 3.63) is 71.7 Å². The highest BCUT2D eigenvalue weighted by atomic mass is 19.2. The Morgan fingerprint density at radius 2 is 1.65 bits per heavy atom. The van der Waals surface area contributed by atoms with Gasteiger partial charge in [-0.2, -0.15) is 0 Å². The smallest absolute Gasteiger partial charge is 0.494 e. The fraction of sp³-hybridized carbons (Fsp3) is 0.400. The Kier molecular flexibility index (Phi) is 6.74. The molecule has 1 aromatic carbocycles. The summed E-state index contributed by atoms with van der Waals surface area (Å²) in [7, 11) is 0. The Morgan fingerprint density at radius 1 is 0.935 bits per heavy atom. The van der Waals surface area contributed by atoms with E-state index in [1.54, 1.807) is 24.3 Å². The van der Waals surface area contributed by atoms with E-state index in [4.69, 9.17) is 4.74 Å². The number of fused-ring (bicyclic) bond motifs is 2. The van der Waals surface area contributed by atoms with Gasteiger partial charge >= 0.3 is 6.97 Å². The molecule has 2 aliphatic heterocycles. The standard InChI is InChI=1S/C25H31BF2N2O/c1-2-3-4-5-6-7-8-9-20-31-22-16-14-21(15-17-22)25-23-12-10-18-29(23)26(27,28)30-19-11-13-24(25)30/h10-19H,2-9,20H2,1H3. The Labute approximate surface area is 183 Å². The first kappa shape index (κ1) is 21.6. The summed E-state index contributed by atoms with van der Waals surface area (Å²) in [4.78, 5) is 0. The van der Waals surface area contributed by atoms with E-state index in [1.165, 1.54) is 57.4 Å². The zero-order chi connectivity index (χ0) is 21.7. The molecule has 31 heavy (non-hydrogen) atoms. The number of unbranched alkanes of at least 4 members (excludes halogenated alkanes) is 7. The highest BCUT2D eigenvalue weighted by Gasteiger charge is 2.51. The third kappa shape index (κ3) is 4.53. The summed E-state index contributed by atoms with van der Waals surface area (Å²) in [5.41, 5.74) is 2.82. The molecule has 6 heteroatoms. The van der Waals surface area contributed by atoms with Crippen LogP contribution in [0.3, 0.4) is 0 Å². The molecule has 0 amide bonds. The average molecular weight is 424 g/mol. The molecule has 3 heterocycles. The summed E-state index contributed by atoms with van der Waals surface area (Å²) in [6.07, 6.45) is 16.5. The third-order valence-corrected chi connectivity index (χ3v) is 6.15. The number of benzene rings is 1. The highest BCUT2D eigenvalue weighted by Crippen LogP contribution is 2.38. The minimum Gasteiger partial charge on any atom is -0.494 e. The molecule has 0 bridgehead atoms. The van der Waals surface area contributed by atoms with Crippen LogP contribution in [0.5, 0.6) is 5.75 Å². The number of halogens is 2. The van der Waals surface area contributed by atoms with Crippen LogP contribution < -0.4 is 4.74 Å². The summed E-state index contributed by atoms with van der Waals surface area (Å²) in [5, 5.41) is 0. The van der Waals surface area contributed by atoms with E-state index in [2.05, 4.69) is 6.92 Å². The monoisotopic (exact) mass is 424 g/mol. The molecule has 0 aliphatic carbocycles. The number of hydrogen-bond donors (Lipinski definition) is 0. The first-order valence-corrected chi connectivity index (χ1v) is 11.6. The number of hydrogen-bond acceptors (Lipinski definition) is 1. The van der Waals surface area contributed by atoms with Crippen LogP contribution in [0.25, 0.3) is 5.57 Å². The van der Waals surface area contributed by atoms with Crippen LogP contribution in [0.15, 0.2) is 60.4 Å². The lowest BCUT2D eigenvalue weighted by molar-refractivity contribution is -0.356. The molecule has 0 atom stereocenters. The molecule has 0 N–H and O–H groups in total. The Bertz CT molecular complexity index is 989. The van der Waals surface area contributed by atoms with Crippen molar-refractivity contribution >= 4 is 18.8 Å². The topological polar surface area (TPSA) is 17.2 Å². The average Bonchev–Trinajstić information content (AvgIpc) is 3.45. The first-order chi connectivity index (χ1) is 15.1. The van der Waals surface area contributed by atoms with Crippen molar-refractivity contribution in [1.29, 1.82) is 0 Å². The van der Waals surface area contributed by atoms with E-state index < -0.39 is 6.97 Å². The van der Waals surface area contributed by atoms with Gasteiger partial charge < -0.3 is 22.3 Å². The summed E-state index contributed by atoms with van der Waals surface area (Å²) in [6, 6.07) is 11.2. The second-order valence-corrected chi connectivity index (χ2v) is 8.41. The number of nitrogens with zero attached hydrogens (tertiary/aromatic N) is 2. The van der Waals surface area contributed by atoms with Gasteiger partial charge in [0, 0.05) is 17.8 Å². The van der Waals surface area contributed by atoms with Crippen molar-refractivity contribution in [3.63, 3.8) is 0 Å². The van der Waals surface area contributed by atoms with Crippen molar-refractivity contribution in [2.24, 2.45) is 0 Å². The van der Waals surface area contributed by atoms with Crippen molar-refractivity contribution in [1.82, 2.24) is 4.48 Å². The minimum atomic E-state index is -3.85. The van der Waals surface area contributed by atoms with E-state index in [0.29, 0.717) is 18.0 Å². The van der Waals surface area contributed by atoms with Crippen LogP contribution in [0.4, 0.5) is 8.63 Å². The maximum absolute atomic E-state index is 14.9. The first-order valence-electron chi connectivity index (χ1n) is 11.6. The van der Waals surface area contributed by atoms with Gasteiger partial charge in [0.2, 0.25) is 0 Å². The predicted molar refractivity (Wildman–Crippen MR) is 124 cm³/mol. The second-order valence-electron chi connectivity index (χ2n) is 8.41. The number of allylic oxidation sites excluding steroid dienone is 2. The molecule has 1 aromatic heterocycles. The summed E-state index contributed by atoms with van der Waals surface area (Å²) >= 11 is 0. The fourth-order valence-corrected chi connectivity index (χ4v) is 4.46. The van der Waals surface area contributed by atoms with Crippen LogP contribution in [-0.4, -0.2) is 28.8 Å². The molecule has 0 radical (unpaired) electrons. The molecule has 0 unspecified atom stereocenters. The van der Waals surface area contributed by atoms with Crippen molar-refractivity contribution in [3.8, 4) is 5.75 Å². The van der Waals surface area contributed by atoms with E-state index in [-0.39, 0.29) is 0 Å². The lowest BCUT2D eigenvalue weighted by atomic mass is 9.86. The van der Waals surface area contributed by atoms with Crippen molar-refractivity contribution < 1.29 is 17.9 Å². The van der Waals surface area contributed by atoms with Gasteiger partial charge in [0.1, 0.15) is 12.0 Å². The van der Waals surface area contributed by atoms with Gasteiger partial charge in [0.25, 0.3) is 0 Å². The molecule has 2 aliphatic rings. The molecule has 164 valence electrons. The Morgan fingerprint density at radius 3 is 2.39 bits per heavy atom. The molecule has 2 aromatic rings. The highest BCUT2D eigenvalue weighted by molar-refractivity contribution is 6.57. The minimum absolute atomic E-state index is 0.545. The van der Waals surface area contributed by atoms with Crippen LogP contribution in [-0.2, 0) is 0 Å². The molecule has 0 saturated heterocycles. The summed E-state index contributed by atoms with van der Waals surface area (Å²) in [6.45, 7) is -0.898. The molecule has 0 saturated carbocycles. The van der Waals surface area contributed by atoms with Crippen LogP contribution in [0.2, 0.25) is 0 Å². The summed E-state index contributed by atoms with van der Waals surface area (Å²) in [5.74, 6) is 0.823. The van der Waals surface area contributed by atoms with Crippen LogP contribution in [0, 0.1) is 0 Å². The van der Waals surface area contributed by atoms with E-state index in [0.717, 1.165) is 32.3 Å². The van der Waals surface area contributed by atoms with E-state index in [9.17, 15) is 8.63 Å². The largest absolute Gasteiger partial charge is 0.737 e. The summed E-state index contributed by atoms with van der Waals surface area (Å²) < 4.78 is 37.8. The quantitative estimate of drug-likeness (QED) is 0.291. The molecular weight excluding hydrogens is 393 g/mol. The zero-order valence-electron chi connectivity index (χ0n) is 18.3. The molecule has 0 fully saturated rings. The number of rotatable bonds is 11. The van der Waals surface area contributed by atoms with Gasteiger partial charge in [0.15, 0.2) is 5.70 Å². The van der Waals surface area contributed by atoms with Crippen LogP contribution in [0.1, 0.15) is 69.5 Å². The third-order valence-electron chi connectivity index (χ3n) is 6.15.